The van der Waals surface area contributed by atoms with Gasteiger partial charge in [-0.05, 0) is 72.9 Å². The van der Waals surface area contributed by atoms with Crippen LogP contribution in [0.2, 0.25) is 0 Å². The molecule has 166 valence electrons. The summed E-state index contributed by atoms with van der Waals surface area (Å²) < 4.78 is 5.79. The van der Waals surface area contributed by atoms with Crippen LogP contribution in [-0.2, 0) is 10.2 Å². The zero-order valence-corrected chi connectivity index (χ0v) is 19.2. The maximum absolute atomic E-state index is 12.6. The summed E-state index contributed by atoms with van der Waals surface area (Å²) in [5.41, 5.74) is 4.02. The smallest absolute Gasteiger partial charge is 0.265 e. The number of hydrogen-bond acceptors (Lipinski definition) is 3. The van der Waals surface area contributed by atoms with Crippen molar-refractivity contribution in [1.82, 2.24) is 0 Å². The van der Waals surface area contributed by atoms with Crippen LogP contribution in [-0.4, -0.2) is 17.9 Å². The topological polar surface area (TPSA) is 67.4 Å². The molecule has 0 heterocycles. The maximum Gasteiger partial charge on any atom is 0.265 e. The van der Waals surface area contributed by atoms with E-state index in [4.69, 9.17) is 4.74 Å². The van der Waals surface area contributed by atoms with E-state index in [0.717, 1.165) is 11.3 Å². The van der Waals surface area contributed by atoms with Crippen LogP contribution in [0.25, 0.3) is 0 Å². The van der Waals surface area contributed by atoms with E-state index in [1.54, 1.807) is 31.2 Å². The van der Waals surface area contributed by atoms with Crippen molar-refractivity contribution < 1.29 is 14.3 Å². The zero-order chi connectivity index (χ0) is 23.3. The van der Waals surface area contributed by atoms with E-state index in [2.05, 4.69) is 31.4 Å². The highest BCUT2D eigenvalue weighted by Gasteiger charge is 2.17. The Kier molecular flexibility index (Phi) is 6.98. The molecule has 0 aromatic heterocycles. The van der Waals surface area contributed by atoms with Crippen molar-refractivity contribution in [3.63, 3.8) is 0 Å². The summed E-state index contributed by atoms with van der Waals surface area (Å²) >= 11 is 0. The largest absolute Gasteiger partial charge is 0.481 e. The molecule has 3 aromatic carbocycles. The number of benzene rings is 3. The van der Waals surface area contributed by atoms with Crippen LogP contribution in [0, 0.1) is 6.92 Å². The van der Waals surface area contributed by atoms with Gasteiger partial charge in [0.25, 0.3) is 11.8 Å². The van der Waals surface area contributed by atoms with Crippen molar-refractivity contribution in [3.8, 4) is 5.75 Å². The maximum atomic E-state index is 12.6. The van der Waals surface area contributed by atoms with Gasteiger partial charge in [-0.3, -0.25) is 9.59 Å². The summed E-state index contributed by atoms with van der Waals surface area (Å²) in [4.78, 5) is 25.2. The average Bonchev–Trinajstić information content (AvgIpc) is 2.73. The SMILES string of the molecule is Cc1cccc(NC(=O)c2cccc(NC(=O)C(C)Oc3ccc(C(C)(C)C)cc3)c2)c1. The van der Waals surface area contributed by atoms with Crippen LogP contribution in [0.3, 0.4) is 0 Å². The van der Waals surface area contributed by atoms with Crippen molar-refractivity contribution in [3.05, 3.63) is 89.5 Å². The van der Waals surface area contributed by atoms with E-state index in [1.807, 2.05) is 55.5 Å². The van der Waals surface area contributed by atoms with E-state index < -0.39 is 6.10 Å². The van der Waals surface area contributed by atoms with Crippen LogP contribution < -0.4 is 15.4 Å². The molecule has 5 heteroatoms. The Hall–Kier alpha value is -3.60. The van der Waals surface area contributed by atoms with Crippen molar-refractivity contribution in [2.75, 3.05) is 10.6 Å². The van der Waals surface area contributed by atoms with Crippen LogP contribution in [0.15, 0.2) is 72.8 Å². The van der Waals surface area contributed by atoms with Crippen molar-refractivity contribution in [2.45, 2.75) is 46.1 Å². The van der Waals surface area contributed by atoms with Gasteiger partial charge in [-0.15, -0.1) is 0 Å². The summed E-state index contributed by atoms with van der Waals surface area (Å²) in [7, 11) is 0. The first-order valence-electron chi connectivity index (χ1n) is 10.7. The molecule has 0 aliphatic heterocycles. The van der Waals surface area contributed by atoms with E-state index in [1.165, 1.54) is 5.56 Å². The molecule has 3 rings (SSSR count). The van der Waals surface area contributed by atoms with Gasteiger partial charge < -0.3 is 15.4 Å². The third kappa shape index (κ3) is 6.20. The van der Waals surface area contributed by atoms with Crippen LogP contribution in [0.4, 0.5) is 11.4 Å². The minimum atomic E-state index is -0.694. The van der Waals surface area contributed by atoms with Gasteiger partial charge >= 0.3 is 0 Å². The number of ether oxygens (including phenoxy) is 1. The zero-order valence-electron chi connectivity index (χ0n) is 19.2. The van der Waals surface area contributed by atoms with Gasteiger partial charge in [-0.2, -0.15) is 0 Å². The summed E-state index contributed by atoms with van der Waals surface area (Å²) in [5, 5.41) is 5.70. The standard InChI is InChI=1S/C27H30N2O3/c1-18-8-6-10-22(16-18)29-26(31)20-9-7-11-23(17-20)28-25(30)19(2)32-24-14-12-21(13-15-24)27(3,4)5/h6-17,19H,1-5H3,(H,28,30)(H,29,31). The lowest BCUT2D eigenvalue weighted by atomic mass is 9.87. The van der Waals surface area contributed by atoms with Crippen molar-refractivity contribution in [2.24, 2.45) is 0 Å². The molecule has 2 N–H and O–H groups in total. The number of hydrogen-bond donors (Lipinski definition) is 2. The van der Waals surface area contributed by atoms with E-state index >= 15 is 0 Å². The van der Waals surface area contributed by atoms with E-state index in [9.17, 15) is 9.59 Å². The molecule has 0 aliphatic carbocycles. The molecule has 0 saturated heterocycles. The molecule has 2 amide bonds. The molecular formula is C27H30N2O3. The Morgan fingerprint density at radius 3 is 2.09 bits per heavy atom. The highest BCUT2D eigenvalue weighted by atomic mass is 16.5. The molecule has 1 unspecified atom stereocenters. The quantitative estimate of drug-likeness (QED) is 0.508. The Balaban J connectivity index is 1.61. The third-order valence-electron chi connectivity index (χ3n) is 5.07. The molecule has 5 nitrogen and oxygen atoms in total. The fraction of sp³-hybridized carbons (Fsp3) is 0.259. The molecule has 0 saturated carbocycles. The molecular weight excluding hydrogens is 400 g/mol. The Labute approximate surface area is 189 Å². The number of aryl methyl sites for hydroxylation is 1. The molecule has 32 heavy (non-hydrogen) atoms. The minimum absolute atomic E-state index is 0.0537. The molecule has 1 atom stereocenters. The first-order chi connectivity index (χ1) is 15.1. The van der Waals surface area contributed by atoms with Crippen LogP contribution in [0.1, 0.15) is 49.2 Å². The Bertz CT molecular complexity index is 1100. The fourth-order valence-corrected chi connectivity index (χ4v) is 3.20. The van der Waals surface area contributed by atoms with Gasteiger partial charge in [0.1, 0.15) is 5.75 Å². The number of nitrogens with one attached hydrogen (secondary N) is 2. The Morgan fingerprint density at radius 1 is 0.844 bits per heavy atom. The monoisotopic (exact) mass is 430 g/mol. The van der Waals surface area contributed by atoms with Gasteiger partial charge in [0, 0.05) is 16.9 Å². The lowest BCUT2D eigenvalue weighted by Gasteiger charge is -2.20. The van der Waals surface area contributed by atoms with Crippen molar-refractivity contribution in [1.29, 1.82) is 0 Å². The highest BCUT2D eigenvalue weighted by molar-refractivity contribution is 6.05. The van der Waals surface area contributed by atoms with Crippen LogP contribution >= 0.6 is 0 Å². The molecule has 0 fully saturated rings. The molecule has 0 radical (unpaired) electrons. The van der Waals surface area contributed by atoms with Gasteiger partial charge in [0.05, 0.1) is 0 Å². The van der Waals surface area contributed by atoms with Crippen LogP contribution in [0.5, 0.6) is 5.75 Å². The predicted octanol–water partition coefficient (Wildman–Crippen LogP) is 5.95. The van der Waals surface area contributed by atoms with Gasteiger partial charge in [0.15, 0.2) is 6.10 Å². The summed E-state index contributed by atoms with van der Waals surface area (Å²) in [6.45, 7) is 10.1. The lowest BCUT2D eigenvalue weighted by molar-refractivity contribution is -0.122. The summed E-state index contributed by atoms with van der Waals surface area (Å²) in [6.07, 6.45) is -0.694. The minimum Gasteiger partial charge on any atom is -0.481 e. The van der Waals surface area contributed by atoms with Gasteiger partial charge in [-0.1, -0.05) is 51.1 Å². The lowest BCUT2D eigenvalue weighted by Crippen LogP contribution is -2.30. The molecule has 0 spiro atoms. The third-order valence-corrected chi connectivity index (χ3v) is 5.07. The average molecular weight is 431 g/mol. The van der Waals surface area contributed by atoms with E-state index in [-0.39, 0.29) is 17.2 Å². The number of amides is 2. The number of carbonyl (C=O) groups excluding carboxylic acids is 2. The molecule has 0 aliphatic rings. The highest BCUT2D eigenvalue weighted by Crippen LogP contribution is 2.25. The first kappa shape index (κ1) is 23.1. The molecule has 3 aromatic rings. The first-order valence-corrected chi connectivity index (χ1v) is 10.7. The number of carbonyl (C=O) groups is 2. The predicted molar refractivity (Wildman–Crippen MR) is 129 cm³/mol. The second-order valence-corrected chi connectivity index (χ2v) is 8.93. The summed E-state index contributed by atoms with van der Waals surface area (Å²) in [5.74, 6) is 0.100. The fourth-order valence-electron chi connectivity index (χ4n) is 3.20. The number of anilines is 2. The van der Waals surface area contributed by atoms with Gasteiger partial charge in [0.2, 0.25) is 0 Å². The Morgan fingerprint density at radius 2 is 1.47 bits per heavy atom. The van der Waals surface area contributed by atoms with E-state index in [0.29, 0.717) is 17.0 Å². The summed E-state index contributed by atoms with van der Waals surface area (Å²) in [6, 6.07) is 22.2. The molecule has 0 bridgehead atoms. The second kappa shape index (κ2) is 9.69. The van der Waals surface area contributed by atoms with Crippen molar-refractivity contribution >= 4 is 23.2 Å². The normalized spacial score (nSPS) is 12.0. The van der Waals surface area contributed by atoms with Gasteiger partial charge in [-0.25, -0.2) is 0 Å². The second-order valence-electron chi connectivity index (χ2n) is 8.93. The number of rotatable bonds is 6.